The van der Waals surface area contributed by atoms with Gasteiger partial charge in [0.05, 0.1) is 17.7 Å². The third-order valence-corrected chi connectivity index (χ3v) is 7.95. The average Bonchev–Trinajstić information content (AvgIpc) is 3.14. The Labute approximate surface area is 250 Å². The SMILES string of the molecule is CC1(C)S[C@@H]2[C@H](NC(=O)C(NC(=O)CN=C(N)c3ccc(O)c(N)c3)c3ccccc3)C(=O)N2[C@H]1C(=O)[O-].[Na+]. The van der Waals surface area contributed by atoms with Gasteiger partial charge in [0, 0.05) is 10.3 Å². The van der Waals surface area contributed by atoms with Crippen LogP contribution in [0.2, 0.25) is 0 Å². The van der Waals surface area contributed by atoms with E-state index in [0.717, 1.165) is 0 Å². The molecule has 2 aliphatic heterocycles. The molecule has 2 saturated heterocycles. The minimum absolute atomic E-state index is 0. The summed E-state index contributed by atoms with van der Waals surface area (Å²) in [6.45, 7) is 3.00. The minimum Gasteiger partial charge on any atom is -0.548 e. The van der Waals surface area contributed by atoms with Crippen molar-refractivity contribution in [3.8, 4) is 5.75 Å². The van der Waals surface area contributed by atoms with E-state index >= 15 is 0 Å². The molecular formula is C25H27N6NaO6S. The molecule has 0 aliphatic carbocycles. The molecule has 200 valence electrons. The number of hydrogen-bond acceptors (Lipinski definition) is 9. The Balaban J connectivity index is 0.00000420. The van der Waals surface area contributed by atoms with Crippen LogP contribution in [0.3, 0.4) is 0 Å². The van der Waals surface area contributed by atoms with Crippen LogP contribution in [-0.2, 0) is 19.2 Å². The van der Waals surface area contributed by atoms with Gasteiger partial charge in [-0.05, 0) is 37.6 Å². The fraction of sp³-hybridized carbons (Fsp3) is 0.320. The summed E-state index contributed by atoms with van der Waals surface area (Å²) in [5.41, 5.74) is 12.6. The number of rotatable bonds is 8. The maximum absolute atomic E-state index is 13.3. The Morgan fingerprint density at radius 2 is 1.87 bits per heavy atom. The van der Waals surface area contributed by atoms with Gasteiger partial charge in [0.1, 0.15) is 35.6 Å². The number of carboxylic acids is 1. The van der Waals surface area contributed by atoms with Crippen LogP contribution < -0.4 is 56.8 Å². The standard InChI is InChI=1S/C25H28N6O6S.Na/c1-25(2)19(24(36)37)31-22(35)18(23(31)38-25)30-21(34)17(12-6-4-3-5-7-12)29-16(33)11-28-20(27)13-8-9-15(32)14(26)10-13;/h3-10,17-19,23,32H,11,26H2,1-2H3,(H2,27,28)(H,29,33)(H,30,34)(H,36,37);/q;+1/p-1/t17?,18-,19+,23-;/m1./s1. The molecule has 2 fully saturated rings. The van der Waals surface area contributed by atoms with Crippen molar-refractivity contribution in [3.05, 3.63) is 59.7 Å². The van der Waals surface area contributed by atoms with Crippen molar-refractivity contribution in [2.75, 3.05) is 12.3 Å². The molecule has 0 bridgehead atoms. The number of aliphatic imine (C=N–C) groups is 1. The minimum atomic E-state index is -1.35. The van der Waals surface area contributed by atoms with Crippen LogP contribution in [0.4, 0.5) is 5.69 Å². The van der Waals surface area contributed by atoms with Crippen molar-refractivity contribution < 1.29 is 58.9 Å². The van der Waals surface area contributed by atoms with Crippen molar-refractivity contribution in [3.63, 3.8) is 0 Å². The molecule has 0 aromatic heterocycles. The number of amides is 3. The number of thioether (sulfide) groups is 1. The summed E-state index contributed by atoms with van der Waals surface area (Å²) in [6.07, 6.45) is 0. The first-order valence-electron chi connectivity index (χ1n) is 11.6. The zero-order valence-electron chi connectivity index (χ0n) is 21.6. The Kier molecular flexibility index (Phi) is 9.21. The van der Waals surface area contributed by atoms with Gasteiger partial charge in [0.25, 0.3) is 0 Å². The van der Waals surface area contributed by atoms with E-state index in [1.165, 1.54) is 34.9 Å². The van der Waals surface area contributed by atoms with Gasteiger partial charge in [-0.15, -0.1) is 11.8 Å². The number of nitrogen functional groups attached to an aromatic ring is 1. The Bertz CT molecular complexity index is 1320. The van der Waals surface area contributed by atoms with Gasteiger partial charge in [-0.1, -0.05) is 30.3 Å². The van der Waals surface area contributed by atoms with Gasteiger partial charge in [-0.3, -0.25) is 19.4 Å². The van der Waals surface area contributed by atoms with E-state index < -0.39 is 58.5 Å². The molecule has 2 aliphatic rings. The zero-order valence-corrected chi connectivity index (χ0v) is 24.4. The van der Waals surface area contributed by atoms with Gasteiger partial charge in [-0.25, -0.2) is 0 Å². The molecule has 12 nitrogen and oxygen atoms in total. The Morgan fingerprint density at radius 3 is 2.49 bits per heavy atom. The summed E-state index contributed by atoms with van der Waals surface area (Å²) in [5.74, 6) is -3.23. The van der Waals surface area contributed by atoms with Crippen LogP contribution in [0.25, 0.3) is 0 Å². The normalized spacial score (nSPS) is 22.1. The second-order valence-corrected chi connectivity index (χ2v) is 11.2. The van der Waals surface area contributed by atoms with E-state index in [0.29, 0.717) is 11.1 Å². The van der Waals surface area contributed by atoms with Crippen molar-refractivity contribution in [2.45, 2.75) is 42.1 Å². The number of carbonyl (C=O) groups is 4. The first-order chi connectivity index (χ1) is 17.9. The monoisotopic (exact) mass is 562 g/mol. The van der Waals surface area contributed by atoms with Gasteiger partial charge in [0.15, 0.2) is 0 Å². The van der Waals surface area contributed by atoms with E-state index in [4.69, 9.17) is 11.5 Å². The molecule has 1 unspecified atom stereocenters. The third-order valence-electron chi connectivity index (χ3n) is 6.38. The third kappa shape index (κ3) is 6.16. The molecule has 2 aromatic rings. The molecule has 4 rings (SSSR count). The van der Waals surface area contributed by atoms with Gasteiger partial charge < -0.3 is 42.0 Å². The summed E-state index contributed by atoms with van der Waals surface area (Å²) in [5, 5.41) is 25.9. The number of nitrogens with zero attached hydrogens (tertiary/aromatic N) is 2. The predicted molar refractivity (Wildman–Crippen MR) is 138 cm³/mol. The van der Waals surface area contributed by atoms with Crippen LogP contribution in [0, 0.1) is 0 Å². The molecule has 2 heterocycles. The number of fused-ring (bicyclic) bond motifs is 1. The van der Waals surface area contributed by atoms with Crippen molar-refractivity contribution in [1.29, 1.82) is 0 Å². The average molecular weight is 563 g/mol. The Hall–Kier alpha value is -3.26. The summed E-state index contributed by atoms with van der Waals surface area (Å²) in [7, 11) is 0. The van der Waals surface area contributed by atoms with E-state index in [-0.39, 0.29) is 46.8 Å². The van der Waals surface area contributed by atoms with E-state index in [1.54, 1.807) is 44.2 Å². The molecule has 0 saturated carbocycles. The summed E-state index contributed by atoms with van der Waals surface area (Å²) in [6, 6.07) is 9.49. The number of carbonyl (C=O) groups excluding carboxylic acids is 4. The van der Waals surface area contributed by atoms with E-state index in [9.17, 15) is 29.4 Å². The van der Waals surface area contributed by atoms with Gasteiger partial charge in [0.2, 0.25) is 17.7 Å². The summed E-state index contributed by atoms with van der Waals surface area (Å²) >= 11 is 1.27. The number of nitrogens with two attached hydrogens (primary N) is 2. The second kappa shape index (κ2) is 11.9. The quantitative estimate of drug-likeness (QED) is 0.0528. The van der Waals surface area contributed by atoms with Crippen LogP contribution in [0.1, 0.15) is 31.0 Å². The summed E-state index contributed by atoms with van der Waals surface area (Å²) in [4.78, 5) is 55.7. The fourth-order valence-electron chi connectivity index (χ4n) is 4.48. The number of aliphatic carboxylic acids is 1. The number of phenolic OH excluding ortho intramolecular Hbond substituents is 1. The number of phenols is 1. The largest absolute Gasteiger partial charge is 1.00 e. The predicted octanol–water partition coefficient (Wildman–Crippen LogP) is -4.16. The van der Waals surface area contributed by atoms with E-state index in [2.05, 4.69) is 15.6 Å². The van der Waals surface area contributed by atoms with Crippen LogP contribution in [0.15, 0.2) is 53.5 Å². The molecular weight excluding hydrogens is 535 g/mol. The molecule has 7 N–H and O–H groups in total. The van der Waals surface area contributed by atoms with E-state index in [1.807, 2.05) is 0 Å². The molecule has 0 radical (unpaired) electrons. The maximum Gasteiger partial charge on any atom is 1.00 e. The number of hydrogen-bond donors (Lipinski definition) is 5. The van der Waals surface area contributed by atoms with Crippen LogP contribution in [-0.4, -0.2) is 68.3 Å². The number of carboxylic acid groups (broad SMARTS) is 1. The number of anilines is 1. The van der Waals surface area contributed by atoms with Gasteiger partial charge >= 0.3 is 29.6 Å². The second-order valence-electron chi connectivity index (χ2n) is 9.45. The van der Waals surface area contributed by atoms with Crippen molar-refractivity contribution in [2.24, 2.45) is 10.7 Å². The van der Waals surface area contributed by atoms with Crippen LogP contribution in [0.5, 0.6) is 5.75 Å². The zero-order chi connectivity index (χ0) is 27.8. The van der Waals surface area contributed by atoms with Crippen molar-refractivity contribution >= 4 is 47.0 Å². The topological polar surface area (TPSA) is 203 Å². The number of amidine groups is 1. The first-order valence-corrected chi connectivity index (χ1v) is 12.5. The maximum atomic E-state index is 13.3. The molecule has 39 heavy (non-hydrogen) atoms. The molecule has 0 spiro atoms. The number of β-lactam (4-membered cyclic amide) rings is 1. The molecule has 2 aromatic carbocycles. The Morgan fingerprint density at radius 1 is 1.21 bits per heavy atom. The van der Waals surface area contributed by atoms with Crippen LogP contribution >= 0.6 is 11.8 Å². The molecule has 14 heteroatoms. The number of aromatic hydroxyl groups is 1. The molecule has 4 atom stereocenters. The fourth-order valence-corrected chi connectivity index (χ4v) is 6.10. The smallest absolute Gasteiger partial charge is 0.548 e. The number of benzene rings is 2. The van der Waals surface area contributed by atoms with Gasteiger partial charge in [-0.2, -0.15) is 0 Å². The number of nitrogens with one attached hydrogen (secondary N) is 2. The molecule has 3 amide bonds. The first kappa shape index (κ1) is 30.3. The van der Waals surface area contributed by atoms with Crippen molar-refractivity contribution in [1.82, 2.24) is 15.5 Å². The summed E-state index contributed by atoms with van der Waals surface area (Å²) < 4.78 is -0.800.